The maximum atomic E-state index is 12.3. The molecule has 2 aromatic carbocycles. The highest BCUT2D eigenvalue weighted by molar-refractivity contribution is 5.91. The molecule has 0 bridgehead atoms. The van der Waals surface area contributed by atoms with Crippen LogP contribution < -0.4 is 5.32 Å². The van der Waals surface area contributed by atoms with E-state index in [9.17, 15) is 4.79 Å². The fraction of sp³-hybridized carbons (Fsp3) is 0.227. The Morgan fingerprint density at radius 1 is 1.07 bits per heavy atom. The predicted molar refractivity (Wildman–Crippen MR) is 106 cm³/mol. The van der Waals surface area contributed by atoms with Gasteiger partial charge in [0.05, 0.1) is 0 Å². The van der Waals surface area contributed by atoms with E-state index >= 15 is 0 Å². The summed E-state index contributed by atoms with van der Waals surface area (Å²) in [5.41, 5.74) is 3.02. The molecule has 3 aromatic rings. The van der Waals surface area contributed by atoms with Crippen LogP contribution in [0.2, 0.25) is 0 Å². The second-order valence-electron chi connectivity index (χ2n) is 6.80. The lowest BCUT2D eigenvalue weighted by Crippen LogP contribution is -2.30. The highest BCUT2D eigenvalue weighted by atomic mass is 16.5. The normalized spacial score (nSPS) is 12.4. The molecule has 0 unspecified atom stereocenters. The molecule has 5 nitrogen and oxygen atoms in total. The average Bonchev–Trinajstić information content (AvgIpc) is 3.15. The summed E-state index contributed by atoms with van der Waals surface area (Å²) in [6, 6.07) is 17.2. The summed E-state index contributed by atoms with van der Waals surface area (Å²) in [7, 11) is 0. The number of amides is 1. The van der Waals surface area contributed by atoms with Crippen LogP contribution in [0.15, 0.2) is 65.2 Å². The summed E-state index contributed by atoms with van der Waals surface area (Å²) in [5.74, 6) is 0.824. The van der Waals surface area contributed by atoms with E-state index < -0.39 is 0 Å². The van der Waals surface area contributed by atoms with Crippen LogP contribution >= 0.6 is 0 Å². The van der Waals surface area contributed by atoms with Gasteiger partial charge in [0.25, 0.3) is 0 Å². The summed E-state index contributed by atoms with van der Waals surface area (Å²) in [4.78, 5) is 16.8. The van der Waals surface area contributed by atoms with Crippen LogP contribution in [0.1, 0.15) is 36.9 Å². The lowest BCUT2D eigenvalue weighted by atomic mass is 10.0. The van der Waals surface area contributed by atoms with Gasteiger partial charge < -0.3 is 9.84 Å². The Labute approximate surface area is 159 Å². The van der Waals surface area contributed by atoms with Gasteiger partial charge in [0.15, 0.2) is 0 Å². The number of hydrogen-bond acceptors (Lipinski definition) is 4. The quantitative estimate of drug-likeness (QED) is 0.653. The first kappa shape index (κ1) is 18.6. The van der Waals surface area contributed by atoms with Crippen molar-refractivity contribution < 1.29 is 9.32 Å². The summed E-state index contributed by atoms with van der Waals surface area (Å²) in [6.45, 7) is 6.03. The van der Waals surface area contributed by atoms with Crippen LogP contribution in [0.5, 0.6) is 0 Å². The Hall–Kier alpha value is -3.21. The van der Waals surface area contributed by atoms with E-state index in [1.165, 1.54) is 11.6 Å². The molecule has 0 aliphatic carbocycles. The van der Waals surface area contributed by atoms with E-state index in [1.54, 1.807) is 6.08 Å². The van der Waals surface area contributed by atoms with Crippen LogP contribution in [0.3, 0.4) is 0 Å². The zero-order valence-electron chi connectivity index (χ0n) is 15.7. The zero-order valence-corrected chi connectivity index (χ0v) is 15.7. The molecule has 1 atom stereocenters. The summed E-state index contributed by atoms with van der Waals surface area (Å²) in [6.07, 6.45) is 3.29. The Kier molecular flexibility index (Phi) is 5.81. The molecule has 5 heteroatoms. The van der Waals surface area contributed by atoms with Gasteiger partial charge in [0.1, 0.15) is 6.04 Å². The average molecular weight is 361 g/mol. The molecule has 1 amide bonds. The van der Waals surface area contributed by atoms with Crippen molar-refractivity contribution in [1.29, 1.82) is 0 Å². The van der Waals surface area contributed by atoms with Gasteiger partial charge in [-0.3, -0.25) is 4.79 Å². The number of hydrogen-bond donors (Lipinski definition) is 1. The summed E-state index contributed by atoms with van der Waals surface area (Å²) in [5, 5.41) is 7.02. The molecule has 0 saturated heterocycles. The smallest absolute Gasteiger partial charge is 0.249 e. The molecular formula is C22H23N3O2. The molecular weight excluding hydrogens is 338 g/mol. The SMILES string of the molecule is Cc1ccc(-c2noc([C@H](NC(=O)/C=C/c3ccccc3)C(C)C)n2)cc1. The molecule has 0 saturated carbocycles. The third-order valence-corrected chi connectivity index (χ3v) is 4.21. The van der Waals surface area contributed by atoms with E-state index in [4.69, 9.17) is 4.52 Å². The molecule has 0 fully saturated rings. The zero-order chi connectivity index (χ0) is 19.2. The van der Waals surface area contributed by atoms with Gasteiger partial charge in [-0.15, -0.1) is 0 Å². The Morgan fingerprint density at radius 2 is 1.78 bits per heavy atom. The molecule has 1 N–H and O–H groups in total. The molecule has 1 heterocycles. The van der Waals surface area contributed by atoms with E-state index in [0.717, 1.165) is 11.1 Å². The molecule has 3 rings (SSSR count). The lowest BCUT2D eigenvalue weighted by Gasteiger charge is -2.17. The second-order valence-corrected chi connectivity index (χ2v) is 6.80. The standard InChI is InChI=1S/C22H23N3O2/c1-15(2)20(23-19(26)14-11-17-7-5-4-6-8-17)22-24-21(25-27-22)18-12-9-16(3)10-13-18/h4-15,20H,1-3H3,(H,23,26)/b14-11+/t20-/m1/s1. The molecule has 0 radical (unpaired) electrons. The fourth-order valence-electron chi connectivity index (χ4n) is 2.63. The minimum absolute atomic E-state index is 0.102. The van der Waals surface area contributed by atoms with Crippen molar-refractivity contribution in [2.75, 3.05) is 0 Å². The number of nitrogens with zero attached hydrogens (tertiary/aromatic N) is 2. The topological polar surface area (TPSA) is 68.0 Å². The monoisotopic (exact) mass is 361 g/mol. The van der Waals surface area contributed by atoms with Crippen molar-refractivity contribution in [3.05, 3.63) is 77.7 Å². The van der Waals surface area contributed by atoms with Crippen LogP contribution in [0.25, 0.3) is 17.5 Å². The van der Waals surface area contributed by atoms with Crippen molar-refractivity contribution in [2.24, 2.45) is 5.92 Å². The molecule has 27 heavy (non-hydrogen) atoms. The summed E-state index contributed by atoms with van der Waals surface area (Å²) < 4.78 is 5.44. The van der Waals surface area contributed by atoms with E-state index in [2.05, 4.69) is 15.5 Å². The number of carbonyl (C=O) groups is 1. The van der Waals surface area contributed by atoms with E-state index in [-0.39, 0.29) is 17.9 Å². The third-order valence-electron chi connectivity index (χ3n) is 4.21. The van der Waals surface area contributed by atoms with E-state index in [0.29, 0.717) is 11.7 Å². The van der Waals surface area contributed by atoms with E-state index in [1.807, 2.05) is 75.4 Å². The van der Waals surface area contributed by atoms with Gasteiger partial charge >= 0.3 is 0 Å². The highest BCUT2D eigenvalue weighted by Crippen LogP contribution is 2.23. The molecule has 1 aromatic heterocycles. The number of rotatable bonds is 6. The van der Waals surface area contributed by atoms with Crippen LogP contribution in [-0.4, -0.2) is 16.0 Å². The van der Waals surface area contributed by atoms with Gasteiger partial charge in [-0.2, -0.15) is 4.98 Å². The highest BCUT2D eigenvalue weighted by Gasteiger charge is 2.24. The van der Waals surface area contributed by atoms with Crippen LogP contribution in [-0.2, 0) is 4.79 Å². The summed E-state index contributed by atoms with van der Waals surface area (Å²) >= 11 is 0. The Bertz CT molecular complexity index is 912. The predicted octanol–water partition coefficient (Wildman–Crippen LogP) is 4.57. The minimum Gasteiger partial charge on any atom is -0.340 e. The molecule has 0 aliphatic heterocycles. The third kappa shape index (κ3) is 4.91. The number of carbonyl (C=O) groups excluding carboxylic acids is 1. The Balaban J connectivity index is 1.73. The van der Waals surface area contributed by atoms with Crippen molar-refractivity contribution in [3.63, 3.8) is 0 Å². The maximum absolute atomic E-state index is 12.3. The van der Waals surface area contributed by atoms with Crippen LogP contribution in [0, 0.1) is 12.8 Å². The van der Waals surface area contributed by atoms with Crippen LogP contribution in [0.4, 0.5) is 0 Å². The van der Waals surface area contributed by atoms with Gasteiger partial charge in [-0.1, -0.05) is 79.2 Å². The first-order valence-corrected chi connectivity index (χ1v) is 8.97. The Morgan fingerprint density at radius 3 is 2.44 bits per heavy atom. The number of nitrogens with one attached hydrogen (secondary N) is 1. The van der Waals surface area contributed by atoms with Crippen molar-refractivity contribution in [1.82, 2.24) is 15.5 Å². The van der Waals surface area contributed by atoms with Gasteiger partial charge in [0.2, 0.25) is 17.6 Å². The number of aryl methyl sites for hydroxylation is 1. The van der Waals surface area contributed by atoms with Crippen molar-refractivity contribution >= 4 is 12.0 Å². The van der Waals surface area contributed by atoms with Crippen molar-refractivity contribution in [2.45, 2.75) is 26.8 Å². The molecule has 0 spiro atoms. The first-order valence-electron chi connectivity index (χ1n) is 8.97. The first-order chi connectivity index (χ1) is 13.0. The molecule has 0 aliphatic rings. The maximum Gasteiger partial charge on any atom is 0.249 e. The largest absolute Gasteiger partial charge is 0.340 e. The molecule has 138 valence electrons. The number of benzene rings is 2. The van der Waals surface area contributed by atoms with Gasteiger partial charge in [0, 0.05) is 11.6 Å². The van der Waals surface area contributed by atoms with Gasteiger partial charge in [-0.05, 0) is 24.5 Å². The number of aromatic nitrogens is 2. The second kappa shape index (κ2) is 8.45. The van der Waals surface area contributed by atoms with Gasteiger partial charge in [-0.25, -0.2) is 0 Å². The van der Waals surface area contributed by atoms with Crippen molar-refractivity contribution in [3.8, 4) is 11.4 Å². The fourth-order valence-corrected chi connectivity index (χ4v) is 2.63. The minimum atomic E-state index is -0.357. The lowest BCUT2D eigenvalue weighted by molar-refractivity contribution is -0.117.